The molecule has 4 rings (SSSR count). The average Bonchev–Trinajstić information content (AvgIpc) is 3.38. The van der Waals surface area contributed by atoms with Crippen molar-refractivity contribution < 1.29 is 9.59 Å². The van der Waals surface area contributed by atoms with Crippen LogP contribution in [0, 0.1) is 0 Å². The third-order valence-corrected chi connectivity index (χ3v) is 5.07. The van der Waals surface area contributed by atoms with E-state index >= 15 is 0 Å². The number of likely N-dealkylation sites (tertiary alicyclic amines) is 1. The van der Waals surface area contributed by atoms with Crippen molar-refractivity contribution in [3.63, 3.8) is 0 Å². The number of aromatic amines is 1. The van der Waals surface area contributed by atoms with Crippen LogP contribution >= 0.6 is 0 Å². The summed E-state index contributed by atoms with van der Waals surface area (Å²) in [6, 6.07) is 16.8. The summed E-state index contributed by atoms with van der Waals surface area (Å²) in [5.41, 5.74) is 8.70. The predicted octanol–water partition coefficient (Wildman–Crippen LogP) is 2.17. The Balaban J connectivity index is 1.48. The Morgan fingerprint density at radius 3 is 2.76 bits per heavy atom. The quantitative estimate of drug-likeness (QED) is 0.596. The number of nitrogens with zero attached hydrogens (tertiary/aromatic N) is 3. The van der Waals surface area contributed by atoms with Gasteiger partial charge in [0.15, 0.2) is 5.69 Å². The number of aromatic nitrogens is 3. The van der Waals surface area contributed by atoms with E-state index < -0.39 is 0 Å². The van der Waals surface area contributed by atoms with Crippen LogP contribution in [0.5, 0.6) is 0 Å². The number of carbonyl (C=O) groups is 2. The van der Waals surface area contributed by atoms with Gasteiger partial charge in [-0.1, -0.05) is 42.5 Å². The van der Waals surface area contributed by atoms with E-state index in [9.17, 15) is 9.59 Å². The van der Waals surface area contributed by atoms with Crippen LogP contribution < -0.4 is 11.1 Å². The second-order valence-electron chi connectivity index (χ2n) is 7.07. The van der Waals surface area contributed by atoms with Gasteiger partial charge in [0.2, 0.25) is 5.91 Å². The molecule has 8 heteroatoms. The highest BCUT2D eigenvalue weighted by Crippen LogP contribution is 2.23. The molecule has 8 nitrogen and oxygen atoms in total. The maximum Gasteiger partial charge on any atom is 0.278 e. The fourth-order valence-corrected chi connectivity index (χ4v) is 3.70. The molecule has 2 heterocycles. The summed E-state index contributed by atoms with van der Waals surface area (Å²) < 4.78 is 0. The van der Waals surface area contributed by atoms with Gasteiger partial charge in [-0.05, 0) is 37.1 Å². The summed E-state index contributed by atoms with van der Waals surface area (Å²) in [4.78, 5) is 26.4. The zero-order valence-electron chi connectivity index (χ0n) is 15.8. The van der Waals surface area contributed by atoms with E-state index in [0.717, 1.165) is 30.5 Å². The maximum atomic E-state index is 12.8. The molecule has 148 valence electrons. The van der Waals surface area contributed by atoms with E-state index in [1.807, 2.05) is 54.6 Å². The van der Waals surface area contributed by atoms with Crippen molar-refractivity contribution in [1.29, 1.82) is 0 Å². The SMILES string of the molecule is NC(=O)C1CCCN1Cc1cccc(NC(=O)c2n[nH]nc2-c2ccccc2)c1. The number of benzene rings is 2. The molecular formula is C21H22N6O2. The smallest absolute Gasteiger partial charge is 0.278 e. The molecule has 0 aliphatic carbocycles. The summed E-state index contributed by atoms with van der Waals surface area (Å²) >= 11 is 0. The fraction of sp³-hybridized carbons (Fsp3) is 0.238. The summed E-state index contributed by atoms with van der Waals surface area (Å²) in [6.07, 6.45) is 1.75. The number of nitrogens with two attached hydrogens (primary N) is 1. The van der Waals surface area contributed by atoms with Crippen molar-refractivity contribution in [3.8, 4) is 11.3 Å². The van der Waals surface area contributed by atoms with Crippen molar-refractivity contribution in [2.75, 3.05) is 11.9 Å². The Bertz CT molecular complexity index is 1020. The average molecular weight is 390 g/mol. The van der Waals surface area contributed by atoms with Gasteiger partial charge in [0.25, 0.3) is 5.91 Å². The van der Waals surface area contributed by atoms with E-state index in [4.69, 9.17) is 5.73 Å². The van der Waals surface area contributed by atoms with Gasteiger partial charge in [-0.2, -0.15) is 15.4 Å². The molecular weight excluding hydrogens is 368 g/mol. The van der Waals surface area contributed by atoms with Crippen LogP contribution in [0.15, 0.2) is 54.6 Å². The molecule has 1 aromatic heterocycles. The number of amides is 2. The van der Waals surface area contributed by atoms with Crippen molar-refractivity contribution in [1.82, 2.24) is 20.3 Å². The normalized spacial score (nSPS) is 16.6. The Kier molecular flexibility index (Phi) is 5.35. The first-order chi connectivity index (χ1) is 14.1. The van der Waals surface area contributed by atoms with Gasteiger partial charge in [0, 0.05) is 17.8 Å². The number of carbonyl (C=O) groups excluding carboxylic acids is 2. The Morgan fingerprint density at radius 2 is 1.97 bits per heavy atom. The molecule has 0 bridgehead atoms. The molecule has 1 aliphatic rings. The first-order valence-electron chi connectivity index (χ1n) is 9.51. The summed E-state index contributed by atoms with van der Waals surface area (Å²) in [5.74, 6) is -0.627. The molecule has 29 heavy (non-hydrogen) atoms. The molecule has 1 aliphatic heterocycles. The topological polar surface area (TPSA) is 117 Å². The Hall–Kier alpha value is -3.52. The monoisotopic (exact) mass is 390 g/mol. The van der Waals surface area contributed by atoms with Crippen LogP contribution in [0.4, 0.5) is 5.69 Å². The third kappa shape index (κ3) is 4.17. The summed E-state index contributed by atoms with van der Waals surface area (Å²) in [5, 5.41) is 13.5. The molecule has 1 saturated heterocycles. The van der Waals surface area contributed by atoms with Gasteiger partial charge in [0.05, 0.1) is 6.04 Å². The zero-order valence-corrected chi connectivity index (χ0v) is 15.8. The van der Waals surface area contributed by atoms with Crippen molar-refractivity contribution in [2.24, 2.45) is 5.73 Å². The largest absolute Gasteiger partial charge is 0.368 e. The lowest BCUT2D eigenvalue weighted by Crippen LogP contribution is -2.39. The number of H-pyrrole nitrogens is 1. The first-order valence-corrected chi connectivity index (χ1v) is 9.51. The van der Waals surface area contributed by atoms with E-state index in [-0.39, 0.29) is 23.6 Å². The lowest BCUT2D eigenvalue weighted by molar-refractivity contribution is -0.122. The second kappa shape index (κ2) is 8.24. The highest BCUT2D eigenvalue weighted by atomic mass is 16.2. The molecule has 1 fully saturated rings. The lowest BCUT2D eigenvalue weighted by Gasteiger charge is -2.22. The molecule has 2 amide bonds. The molecule has 3 aromatic rings. The summed E-state index contributed by atoms with van der Waals surface area (Å²) in [7, 11) is 0. The Morgan fingerprint density at radius 1 is 1.14 bits per heavy atom. The van der Waals surface area contributed by atoms with Crippen molar-refractivity contribution in [2.45, 2.75) is 25.4 Å². The molecule has 0 radical (unpaired) electrons. The van der Waals surface area contributed by atoms with Crippen molar-refractivity contribution in [3.05, 3.63) is 65.9 Å². The van der Waals surface area contributed by atoms with Gasteiger partial charge < -0.3 is 11.1 Å². The number of rotatable bonds is 6. The molecule has 1 atom stereocenters. The standard InChI is InChI=1S/C21H22N6O2/c22-20(28)17-10-5-11-27(17)13-14-6-4-9-16(12-14)23-21(29)19-18(24-26-25-19)15-7-2-1-3-8-15/h1-4,6-9,12,17H,5,10-11,13H2,(H2,22,28)(H,23,29)(H,24,25,26). The Labute approximate surface area is 168 Å². The van der Waals surface area contributed by atoms with Gasteiger partial charge in [-0.3, -0.25) is 14.5 Å². The van der Waals surface area contributed by atoms with Gasteiger partial charge in [-0.25, -0.2) is 0 Å². The number of hydrogen-bond donors (Lipinski definition) is 3. The molecule has 0 spiro atoms. The predicted molar refractivity (Wildman–Crippen MR) is 109 cm³/mol. The van der Waals surface area contributed by atoms with E-state index in [1.54, 1.807) is 0 Å². The third-order valence-electron chi connectivity index (χ3n) is 5.07. The molecule has 0 saturated carbocycles. The van der Waals surface area contributed by atoms with Crippen LogP contribution in [0.3, 0.4) is 0 Å². The van der Waals surface area contributed by atoms with Gasteiger partial charge in [-0.15, -0.1) is 0 Å². The number of anilines is 1. The zero-order chi connectivity index (χ0) is 20.2. The minimum atomic E-state index is -0.342. The van der Waals surface area contributed by atoms with Gasteiger partial charge >= 0.3 is 0 Å². The molecule has 2 aromatic carbocycles. The van der Waals surface area contributed by atoms with Crippen LogP contribution in [0.25, 0.3) is 11.3 Å². The number of hydrogen-bond acceptors (Lipinski definition) is 5. The fourth-order valence-electron chi connectivity index (χ4n) is 3.70. The lowest BCUT2D eigenvalue weighted by atomic mass is 10.1. The van der Waals surface area contributed by atoms with Crippen LogP contribution in [0.1, 0.15) is 28.9 Å². The minimum absolute atomic E-state index is 0.225. The highest BCUT2D eigenvalue weighted by Gasteiger charge is 2.28. The molecule has 1 unspecified atom stereocenters. The summed E-state index contributed by atoms with van der Waals surface area (Å²) in [6.45, 7) is 1.44. The first kappa shape index (κ1) is 18.8. The molecule has 4 N–H and O–H groups in total. The van der Waals surface area contributed by atoms with E-state index in [1.165, 1.54) is 0 Å². The van der Waals surface area contributed by atoms with Crippen LogP contribution in [0.2, 0.25) is 0 Å². The van der Waals surface area contributed by atoms with Crippen LogP contribution in [-0.4, -0.2) is 44.7 Å². The minimum Gasteiger partial charge on any atom is -0.368 e. The maximum absolute atomic E-state index is 12.8. The van der Waals surface area contributed by atoms with Gasteiger partial charge in [0.1, 0.15) is 5.69 Å². The number of primary amides is 1. The van der Waals surface area contributed by atoms with E-state index in [2.05, 4.69) is 25.6 Å². The second-order valence-corrected chi connectivity index (χ2v) is 7.07. The highest BCUT2D eigenvalue weighted by molar-refractivity contribution is 6.06. The van der Waals surface area contributed by atoms with Crippen LogP contribution in [-0.2, 0) is 11.3 Å². The van der Waals surface area contributed by atoms with Crippen molar-refractivity contribution >= 4 is 17.5 Å². The number of nitrogens with one attached hydrogen (secondary N) is 2. The van der Waals surface area contributed by atoms with E-state index in [0.29, 0.717) is 17.9 Å².